The van der Waals surface area contributed by atoms with E-state index < -0.39 is 10.0 Å². The smallest absolute Gasteiger partial charge is 0.232 e. The van der Waals surface area contributed by atoms with Crippen LogP contribution in [0.4, 0.5) is 34.5 Å². The van der Waals surface area contributed by atoms with E-state index in [9.17, 15) is 8.42 Å². The van der Waals surface area contributed by atoms with Crippen molar-refractivity contribution in [2.75, 3.05) is 86.2 Å². The molecule has 0 unspecified atom stereocenters. The molecule has 0 bridgehead atoms. The Bertz CT molecular complexity index is 1620. The molecule has 0 aliphatic carbocycles. The van der Waals surface area contributed by atoms with Gasteiger partial charge in [-0.15, -0.1) is 0 Å². The maximum absolute atomic E-state index is 12.8. The molecule has 0 spiro atoms. The van der Waals surface area contributed by atoms with Gasteiger partial charge in [-0.3, -0.25) is 4.31 Å². The highest BCUT2D eigenvalue weighted by Crippen LogP contribution is 2.46. The van der Waals surface area contributed by atoms with Gasteiger partial charge in [0.1, 0.15) is 30.5 Å². The van der Waals surface area contributed by atoms with Crippen molar-refractivity contribution in [2.45, 2.75) is 20.3 Å². The summed E-state index contributed by atoms with van der Waals surface area (Å²) in [6.45, 7) is 12.6. The Kier molecular flexibility index (Phi) is 9.35. The highest BCUT2D eigenvalue weighted by Gasteiger charge is 2.29. The van der Waals surface area contributed by atoms with Crippen LogP contribution in [0.2, 0.25) is 0 Å². The first-order valence-electron chi connectivity index (χ1n) is 14.7. The lowest BCUT2D eigenvalue weighted by molar-refractivity contribution is 0.172. The lowest BCUT2D eigenvalue weighted by Gasteiger charge is -2.35. The van der Waals surface area contributed by atoms with Crippen LogP contribution in [0, 0.1) is 0 Å². The van der Waals surface area contributed by atoms with Crippen LogP contribution in [0.15, 0.2) is 37.0 Å². The number of hydrogen-bond donors (Lipinski definition) is 2. The number of benzene rings is 2. The van der Waals surface area contributed by atoms with E-state index in [1.165, 1.54) is 15.6 Å². The molecule has 1 aromatic heterocycles. The fraction of sp³-hybridized carbons (Fsp3) is 0.419. The number of nitrogens with one attached hydrogen (secondary N) is 2. The summed E-state index contributed by atoms with van der Waals surface area (Å²) in [6.07, 6.45) is 5.31. The molecular weight excluding hydrogens is 582 g/mol. The lowest BCUT2D eigenvalue weighted by Crippen LogP contribution is -2.44. The first-order valence-corrected chi connectivity index (χ1v) is 16.6. The van der Waals surface area contributed by atoms with E-state index in [1.807, 2.05) is 0 Å². The summed E-state index contributed by atoms with van der Waals surface area (Å²) in [5, 5.41) is 6.65. The van der Waals surface area contributed by atoms with Gasteiger partial charge < -0.3 is 34.6 Å². The zero-order valence-electron chi connectivity index (χ0n) is 26.0. The first-order chi connectivity index (χ1) is 21.2. The molecule has 5 rings (SSSR count). The molecule has 2 aromatic carbocycles. The molecule has 2 N–H and O–H groups in total. The predicted octanol–water partition coefficient (Wildman–Crippen LogP) is 4.49. The van der Waals surface area contributed by atoms with Crippen LogP contribution < -0.4 is 34.0 Å². The molecule has 44 heavy (non-hydrogen) atoms. The molecule has 2 aliphatic rings. The molecule has 2 aliphatic heterocycles. The molecule has 13 heteroatoms. The van der Waals surface area contributed by atoms with Crippen molar-refractivity contribution in [1.29, 1.82) is 0 Å². The van der Waals surface area contributed by atoms with Crippen LogP contribution in [0.5, 0.6) is 17.2 Å². The Balaban J connectivity index is 1.51. The van der Waals surface area contributed by atoms with Crippen LogP contribution in [0.25, 0.3) is 6.08 Å². The number of hydrogen-bond acceptors (Lipinski definition) is 11. The fourth-order valence-corrected chi connectivity index (χ4v) is 6.44. The fourth-order valence-electron chi connectivity index (χ4n) is 5.46. The highest BCUT2D eigenvalue weighted by atomic mass is 32.2. The van der Waals surface area contributed by atoms with E-state index in [0.717, 1.165) is 44.5 Å². The lowest BCUT2D eigenvalue weighted by atomic mass is 10.1. The van der Waals surface area contributed by atoms with E-state index in [-0.39, 0.29) is 6.54 Å². The third-order valence-corrected chi connectivity index (χ3v) is 9.02. The molecule has 12 nitrogen and oxygen atoms in total. The number of fused-ring (bicyclic) bond motifs is 1. The molecule has 3 heterocycles. The minimum atomic E-state index is -3.64. The van der Waals surface area contributed by atoms with Gasteiger partial charge in [0, 0.05) is 56.2 Å². The topological polar surface area (TPSA) is 121 Å². The largest absolute Gasteiger partial charge is 0.494 e. The molecule has 1 fully saturated rings. The molecule has 1 saturated heterocycles. The number of aromatic nitrogens is 2. The number of sulfonamides is 1. The highest BCUT2D eigenvalue weighted by molar-refractivity contribution is 7.92. The van der Waals surface area contributed by atoms with Gasteiger partial charge in [-0.2, -0.15) is 4.98 Å². The average molecular weight is 624 g/mol. The maximum Gasteiger partial charge on any atom is 0.232 e. The summed E-state index contributed by atoms with van der Waals surface area (Å²) in [7, 11) is 0.160. The molecular formula is C31H41N7O5S. The minimum Gasteiger partial charge on any atom is -0.494 e. The van der Waals surface area contributed by atoms with Crippen LogP contribution in [-0.2, 0) is 16.4 Å². The van der Waals surface area contributed by atoms with Gasteiger partial charge in [-0.25, -0.2) is 13.4 Å². The Morgan fingerprint density at radius 3 is 2.50 bits per heavy atom. The van der Waals surface area contributed by atoms with E-state index in [4.69, 9.17) is 19.2 Å². The Hall–Kier alpha value is -4.23. The number of anilines is 6. The van der Waals surface area contributed by atoms with Crippen molar-refractivity contribution in [1.82, 2.24) is 14.9 Å². The standard InChI is InChI=1S/C31H41N7O5S/c1-7-21-18-24(27(41-5)19-25(21)37-14-12-36(4)13-15-37)34-31-32-20-22(8-2)30(35-31)33-23-10-11-26-29(43-17-16-42-26)28(23)38(9-3)44(6,39)40/h8,10-11,18-20H,2,7,9,12-17H2,1,3-6H3,(H2,32,33,34,35). The van der Waals surface area contributed by atoms with Gasteiger partial charge in [0.05, 0.1) is 24.7 Å². The van der Waals surface area contributed by atoms with Crippen LogP contribution in [0.1, 0.15) is 25.0 Å². The second kappa shape index (κ2) is 13.2. The van der Waals surface area contributed by atoms with Crippen LogP contribution in [0.3, 0.4) is 0 Å². The van der Waals surface area contributed by atoms with E-state index in [2.05, 4.69) is 58.1 Å². The van der Waals surface area contributed by atoms with Crippen molar-refractivity contribution in [3.05, 3.63) is 48.2 Å². The summed E-state index contributed by atoms with van der Waals surface area (Å²) in [6, 6.07) is 7.68. The van der Waals surface area contributed by atoms with E-state index >= 15 is 0 Å². The number of rotatable bonds is 11. The second-order valence-corrected chi connectivity index (χ2v) is 12.6. The van der Waals surface area contributed by atoms with E-state index in [0.29, 0.717) is 59.2 Å². The predicted molar refractivity (Wildman–Crippen MR) is 176 cm³/mol. The van der Waals surface area contributed by atoms with Gasteiger partial charge in [0.25, 0.3) is 0 Å². The summed E-state index contributed by atoms with van der Waals surface area (Å²) in [4.78, 5) is 14.0. The first kappa shape index (κ1) is 31.2. The number of piperazine rings is 1. The van der Waals surface area contributed by atoms with Crippen LogP contribution >= 0.6 is 0 Å². The van der Waals surface area contributed by atoms with Crippen LogP contribution in [-0.4, -0.2) is 89.6 Å². The van der Waals surface area contributed by atoms with Gasteiger partial charge in [-0.1, -0.05) is 19.6 Å². The summed E-state index contributed by atoms with van der Waals surface area (Å²) >= 11 is 0. The Morgan fingerprint density at radius 2 is 1.84 bits per heavy atom. The van der Waals surface area contributed by atoms with Crippen molar-refractivity contribution in [3.63, 3.8) is 0 Å². The zero-order chi connectivity index (χ0) is 31.4. The average Bonchev–Trinajstić information content (AvgIpc) is 3.02. The summed E-state index contributed by atoms with van der Waals surface area (Å²) < 4.78 is 44.4. The summed E-state index contributed by atoms with van der Waals surface area (Å²) in [5.74, 6) is 2.29. The molecule has 0 radical (unpaired) electrons. The SMILES string of the molecule is C=Cc1cnc(Nc2cc(CC)c(N3CCN(C)CC3)cc2OC)nc1Nc1ccc2c(c1N(CC)S(C)(=O)=O)OCCO2. The maximum atomic E-state index is 12.8. The Morgan fingerprint density at radius 1 is 1.09 bits per heavy atom. The van der Waals surface area contributed by atoms with Gasteiger partial charge >= 0.3 is 0 Å². The van der Waals surface area contributed by atoms with E-state index in [1.54, 1.807) is 38.4 Å². The zero-order valence-corrected chi connectivity index (χ0v) is 26.8. The number of aryl methyl sites for hydroxylation is 1. The third kappa shape index (κ3) is 6.48. The normalized spacial score (nSPS) is 15.1. The monoisotopic (exact) mass is 623 g/mol. The number of likely N-dealkylation sites (N-methyl/N-ethyl adjacent to an activating group) is 1. The molecule has 0 atom stereocenters. The van der Waals surface area contributed by atoms with Crippen molar-refractivity contribution in [2.24, 2.45) is 0 Å². The quantitative estimate of drug-likeness (QED) is 0.314. The van der Waals surface area contributed by atoms with Crippen molar-refractivity contribution in [3.8, 4) is 17.2 Å². The number of methoxy groups -OCH3 is 1. The molecule has 3 aromatic rings. The molecule has 0 saturated carbocycles. The van der Waals surface area contributed by atoms with Gasteiger partial charge in [0.15, 0.2) is 11.5 Å². The van der Waals surface area contributed by atoms with Crippen molar-refractivity contribution < 1.29 is 22.6 Å². The van der Waals surface area contributed by atoms with Crippen molar-refractivity contribution >= 4 is 50.6 Å². The molecule has 236 valence electrons. The third-order valence-electron chi connectivity index (χ3n) is 7.78. The Labute approximate surface area is 259 Å². The van der Waals surface area contributed by atoms with Gasteiger partial charge in [0.2, 0.25) is 16.0 Å². The number of nitrogens with zero attached hydrogens (tertiary/aromatic N) is 5. The van der Waals surface area contributed by atoms with Gasteiger partial charge in [-0.05, 0) is 44.2 Å². The summed E-state index contributed by atoms with van der Waals surface area (Å²) in [5.41, 5.74) is 4.57. The number of ether oxygens (including phenoxy) is 3. The second-order valence-electron chi connectivity index (χ2n) is 10.7. The minimum absolute atomic E-state index is 0.196. The molecule has 0 amide bonds.